The molecule has 6 nitrogen and oxygen atoms in total. The van der Waals surface area contributed by atoms with Gasteiger partial charge < -0.3 is 14.8 Å². The number of imidazole rings is 1. The van der Waals surface area contributed by atoms with Crippen LogP contribution in [0.25, 0.3) is 0 Å². The minimum Gasteiger partial charge on any atom is -0.353 e. The Kier molecular flexibility index (Phi) is 3.96. The topological polar surface area (TPSA) is 65.1 Å². The van der Waals surface area contributed by atoms with E-state index in [9.17, 15) is 4.79 Å². The van der Waals surface area contributed by atoms with E-state index in [2.05, 4.69) is 19.9 Å². The molecule has 0 spiro atoms. The lowest BCUT2D eigenvalue weighted by atomic mass is 9.88. The van der Waals surface area contributed by atoms with Gasteiger partial charge >= 0.3 is 0 Å². The molecule has 1 aliphatic carbocycles. The number of aromatic amines is 1. The van der Waals surface area contributed by atoms with E-state index in [0.29, 0.717) is 5.91 Å². The zero-order valence-corrected chi connectivity index (χ0v) is 14.0. The van der Waals surface area contributed by atoms with Crippen molar-refractivity contribution in [1.82, 2.24) is 19.9 Å². The van der Waals surface area contributed by atoms with E-state index in [4.69, 9.17) is 0 Å². The number of rotatable bonds is 2. The van der Waals surface area contributed by atoms with Crippen LogP contribution in [0.5, 0.6) is 0 Å². The Hall–Kier alpha value is -2.37. The Morgan fingerprint density at radius 3 is 2.83 bits per heavy atom. The van der Waals surface area contributed by atoms with Gasteiger partial charge in [0.05, 0.1) is 5.69 Å². The summed E-state index contributed by atoms with van der Waals surface area (Å²) in [6, 6.07) is 5.96. The Balaban J connectivity index is 1.37. The number of fused-ring (bicyclic) bond motifs is 1. The third-order valence-electron chi connectivity index (χ3n) is 5.08. The SMILES string of the molecule is Cc1nc2c([nH]1)C[C@@H](C(=O)N1CCN(c3ccccn3)CC1)CC2. The summed E-state index contributed by atoms with van der Waals surface area (Å²) < 4.78 is 0. The average molecular weight is 325 g/mol. The number of piperazine rings is 1. The second-order valence-corrected chi connectivity index (χ2v) is 6.69. The number of carbonyl (C=O) groups is 1. The highest BCUT2D eigenvalue weighted by Crippen LogP contribution is 2.26. The molecule has 0 aromatic carbocycles. The Bertz CT molecular complexity index is 718. The molecule has 0 unspecified atom stereocenters. The second-order valence-electron chi connectivity index (χ2n) is 6.69. The molecule has 126 valence electrons. The molecule has 1 amide bonds. The quantitative estimate of drug-likeness (QED) is 0.910. The number of aromatic nitrogens is 3. The van der Waals surface area contributed by atoms with Crippen LogP contribution in [0.4, 0.5) is 5.82 Å². The van der Waals surface area contributed by atoms with Crippen LogP contribution in [0.3, 0.4) is 0 Å². The fourth-order valence-corrected chi connectivity index (χ4v) is 3.79. The van der Waals surface area contributed by atoms with Crippen LogP contribution >= 0.6 is 0 Å². The van der Waals surface area contributed by atoms with Crippen molar-refractivity contribution in [3.05, 3.63) is 41.6 Å². The lowest BCUT2D eigenvalue weighted by molar-refractivity contribution is -0.136. The maximum Gasteiger partial charge on any atom is 0.226 e. The van der Waals surface area contributed by atoms with Gasteiger partial charge in [0.15, 0.2) is 0 Å². The second kappa shape index (κ2) is 6.26. The predicted octanol–water partition coefficient (Wildman–Crippen LogP) is 1.57. The third-order valence-corrected chi connectivity index (χ3v) is 5.08. The van der Waals surface area contributed by atoms with E-state index in [1.165, 1.54) is 0 Å². The molecule has 2 aromatic heterocycles. The highest BCUT2D eigenvalue weighted by molar-refractivity contribution is 5.79. The van der Waals surface area contributed by atoms with Crippen molar-refractivity contribution < 1.29 is 4.79 Å². The fraction of sp³-hybridized carbons (Fsp3) is 0.500. The minimum absolute atomic E-state index is 0.0961. The Labute approximate surface area is 141 Å². The Morgan fingerprint density at radius 1 is 1.25 bits per heavy atom. The van der Waals surface area contributed by atoms with Crippen LogP contribution in [-0.4, -0.2) is 51.9 Å². The maximum atomic E-state index is 12.9. The number of hydrogen-bond donors (Lipinski definition) is 1. The van der Waals surface area contributed by atoms with Gasteiger partial charge in [-0.05, 0) is 31.9 Å². The average Bonchev–Trinajstić information content (AvgIpc) is 3.01. The molecular formula is C18H23N5O. The van der Waals surface area contributed by atoms with E-state index >= 15 is 0 Å². The molecule has 1 saturated heterocycles. The normalized spacial score (nSPS) is 20.8. The molecule has 24 heavy (non-hydrogen) atoms. The van der Waals surface area contributed by atoms with E-state index in [-0.39, 0.29) is 5.92 Å². The third kappa shape index (κ3) is 2.88. The van der Waals surface area contributed by atoms with E-state index in [1.807, 2.05) is 36.2 Å². The summed E-state index contributed by atoms with van der Waals surface area (Å²) in [7, 11) is 0. The first-order valence-electron chi connectivity index (χ1n) is 8.70. The van der Waals surface area contributed by atoms with Gasteiger partial charge in [-0.3, -0.25) is 4.79 Å². The summed E-state index contributed by atoms with van der Waals surface area (Å²) in [5, 5.41) is 0. The molecule has 1 fully saturated rings. The molecule has 2 aromatic rings. The van der Waals surface area contributed by atoms with Crippen molar-refractivity contribution in [2.24, 2.45) is 5.92 Å². The highest BCUT2D eigenvalue weighted by Gasteiger charge is 2.31. The molecule has 1 aliphatic heterocycles. The van der Waals surface area contributed by atoms with E-state index in [0.717, 1.165) is 68.5 Å². The van der Waals surface area contributed by atoms with Gasteiger partial charge in [-0.1, -0.05) is 6.07 Å². The number of nitrogens with one attached hydrogen (secondary N) is 1. The number of hydrogen-bond acceptors (Lipinski definition) is 4. The van der Waals surface area contributed by atoms with Crippen LogP contribution in [-0.2, 0) is 17.6 Å². The number of anilines is 1. The molecule has 1 N–H and O–H groups in total. The number of pyridine rings is 1. The first-order valence-corrected chi connectivity index (χ1v) is 8.70. The molecule has 6 heteroatoms. The number of H-pyrrole nitrogens is 1. The first-order chi connectivity index (χ1) is 11.7. The summed E-state index contributed by atoms with van der Waals surface area (Å²) in [5.74, 6) is 2.35. The van der Waals surface area contributed by atoms with Gasteiger partial charge in [-0.15, -0.1) is 0 Å². The van der Waals surface area contributed by atoms with E-state index < -0.39 is 0 Å². The number of amides is 1. The first kappa shape index (κ1) is 15.2. The molecule has 3 heterocycles. The molecule has 0 bridgehead atoms. The van der Waals surface area contributed by atoms with Crippen molar-refractivity contribution >= 4 is 11.7 Å². The zero-order chi connectivity index (χ0) is 16.5. The van der Waals surface area contributed by atoms with Crippen LogP contribution in [0.1, 0.15) is 23.6 Å². The van der Waals surface area contributed by atoms with Crippen molar-refractivity contribution in [2.45, 2.75) is 26.2 Å². The summed E-state index contributed by atoms with van der Waals surface area (Å²) in [4.78, 5) is 29.4. The predicted molar refractivity (Wildman–Crippen MR) is 91.9 cm³/mol. The van der Waals surface area contributed by atoms with Crippen LogP contribution in [0.2, 0.25) is 0 Å². The lowest BCUT2D eigenvalue weighted by Crippen LogP contribution is -2.51. The van der Waals surface area contributed by atoms with Gasteiger partial charge in [0.25, 0.3) is 0 Å². The van der Waals surface area contributed by atoms with Crippen molar-refractivity contribution in [3.63, 3.8) is 0 Å². The molecule has 4 rings (SSSR count). The van der Waals surface area contributed by atoms with Gasteiger partial charge in [-0.2, -0.15) is 0 Å². The highest BCUT2D eigenvalue weighted by atomic mass is 16.2. The molecule has 1 atom stereocenters. The summed E-state index contributed by atoms with van der Waals surface area (Å²) >= 11 is 0. The van der Waals surface area contributed by atoms with Gasteiger partial charge in [0.2, 0.25) is 5.91 Å². The summed E-state index contributed by atoms with van der Waals surface area (Å²) in [5.41, 5.74) is 2.31. The molecule has 0 saturated carbocycles. The summed E-state index contributed by atoms with van der Waals surface area (Å²) in [6.45, 7) is 5.24. The van der Waals surface area contributed by atoms with Crippen LogP contribution in [0, 0.1) is 12.8 Å². The Morgan fingerprint density at radius 2 is 2.08 bits per heavy atom. The van der Waals surface area contributed by atoms with Crippen LogP contribution in [0.15, 0.2) is 24.4 Å². The smallest absolute Gasteiger partial charge is 0.226 e. The van der Waals surface area contributed by atoms with Gasteiger partial charge in [0.1, 0.15) is 11.6 Å². The largest absolute Gasteiger partial charge is 0.353 e. The zero-order valence-electron chi connectivity index (χ0n) is 14.0. The molecule has 0 radical (unpaired) electrons. The molecular weight excluding hydrogens is 302 g/mol. The van der Waals surface area contributed by atoms with Crippen molar-refractivity contribution in [1.29, 1.82) is 0 Å². The number of aryl methyl sites for hydroxylation is 2. The fourth-order valence-electron chi connectivity index (χ4n) is 3.79. The van der Waals surface area contributed by atoms with Gasteiger partial charge in [0, 0.05) is 50.4 Å². The monoisotopic (exact) mass is 325 g/mol. The lowest BCUT2D eigenvalue weighted by Gasteiger charge is -2.37. The van der Waals surface area contributed by atoms with Crippen molar-refractivity contribution in [2.75, 3.05) is 31.1 Å². The number of carbonyl (C=O) groups excluding carboxylic acids is 1. The number of nitrogens with zero attached hydrogens (tertiary/aromatic N) is 4. The van der Waals surface area contributed by atoms with E-state index in [1.54, 1.807) is 0 Å². The van der Waals surface area contributed by atoms with Gasteiger partial charge in [-0.25, -0.2) is 9.97 Å². The van der Waals surface area contributed by atoms with Crippen LogP contribution < -0.4 is 4.90 Å². The molecule has 2 aliphatic rings. The standard InChI is InChI=1S/C18H23N5O/c1-13-20-15-6-5-14(12-16(15)21-13)18(24)23-10-8-22(9-11-23)17-4-2-3-7-19-17/h2-4,7,14H,5-6,8-12H2,1H3,(H,20,21)/t14-/m0/s1. The minimum atomic E-state index is 0.0961. The summed E-state index contributed by atoms with van der Waals surface area (Å²) in [6.07, 6.45) is 4.44. The maximum absolute atomic E-state index is 12.9. The van der Waals surface area contributed by atoms with Crippen molar-refractivity contribution in [3.8, 4) is 0 Å².